The van der Waals surface area contributed by atoms with Gasteiger partial charge in [-0.15, -0.1) is 6.58 Å². The van der Waals surface area contributed by atoms with Gasteiger partial charge in [0.15, 0.2) is 0 Å². The molecule has 1 aliphatic carbocycles. The van der Waals surface area contributed by atoms with Gasteiger partial charge in [-0.25, -0.2) is 0 Å². The van der Waals surface area contributed by atoms with E-state index in [2.05, 4.69) is 18.8 Å². The highest BCUT2D eigenvalue weighted by Gasteiger charge is 2.28. The number of ether oxygens (including phenoxy) is 1. The maximum Gasteiger partial charge on any atom is 0.0604 e. The van der Waals surface area contributed by atoms with Gasteiger partial charge < -0.3 is 10.1 Å². The van der Waals surface area contributed by atoms with Crippen molar-refractivity contribution in [1.82, 2.24) is 5.32 Å². The van der Waals surface area contributed by atoms with Crippen LogP contribution in [0.5, 0.6) is 0 Å². The lowest BCUT2D eigenvalue weighted by Gasteiger charge is -2.35. The summed E-state index contributed by atoms with van der Waals surface area (Å²) in [4.78, 5) is 0. The molecule has 0 spiro atoms. The molecule has 0 unspecified atom stereocenters. The van der Waals surface area contributed by atoms with Gasteiger partial charge in [0.1, 0.15) is 0 Å². The Morgan fingerprint density at radius 1 is 1.33 bits per heavy atom. The number of nitrogens with one attached hydrogen (secondary N) is 1. The molecule has 0 aromatic rings. The lowest BCUT2D eigenvalue weighted by Crippen LogP contribution is -2.45. The third kappa shape index (κ3) is 5.33. The van der Waals surface area contributed by atoms with Crippen LogP contribution in [0, 0.1) is 0 Å². The largest absolute Gasteiger partial charge is 0.378 e. The first kappa shape index (κ1) is 12.7. The van der Waals surface area contributed by atoms with Gasteiger partial charge in [-0.2, -0.15) is 0 Å². The molecule has 1 aliphatic rings. The fourth-order valence-corrected chi connectivity index (χ4v) is 2.00. The first-order valence-electron chi connectivity index (χ1n) is 6.32. The number of rotatable bonds is 9. The highest BCUT2D eigenvalue weighted by Crippen LogP contribution is 2.23. The molecule has 0 heterocycles. The van der Waals surface area contributed by atoms with Crippen LogP contribution in [0.3, 0.4) is 0 Å². The normalized spacial score (nSPS) is 24.9. The summed E-state index contributed by atoms with van der Waals surface area (Å²) >= 11 is 0. The maximum atomic E-state index is 5.52. The predicted molar refractivity (Wildman–Crippen MR) is 65.1 cm³/mol. The molecule has 1 fully saturated rings. The number of hydrogen-bond donors (Lipinski definition) is 1. The maximum absolute atomic E-state index is 5.52. The minimum atomic E-state index is 0.535. The Bertz CT molecular complexity index is 164. The van der Waals surface area contributed by atoms with E-state index in [0.717, 1.165) is 19.1 Å². The summed E-state index contributed by atoms with van der Waals surface area (Å²) in [5.41, 5.74) is 0. The van der Waals surface area contributed by atoms with Crippen molar-refractivity contribution < 1.29 is 4.74 Å². The first-order valence-corrected chi connectivity index (χ1v) is 6.32. The van der Waals surface area contributed by atoms with E-state index in [0.29, 0.717) is 6.10 Å². The molecule has 2 heteroatoms. The molecular formula is C13H25NO. The summed E-state index contributed by atoms with van der Waals surface area (Å²) in [7, 11) is 0. The molecule has 0 bridgehead atoms. The van der Waals surface area contributed by atoms with E-state index in [1.54, 1.807) is 0 Å². The van der Waals surface area contributed by atoms with Gasteiger partial charge >= 0.3 is 0 Å². The zero-order chi connectivity index (χ0) is 10.9. The summed E-state index contributed by atoms with van der Waals surface area (Å²) in [5, 5.41) is 3.58. The van der Waals surface area contributed by atoms with E-state index < -0.39 is 0 Å². The van der Waals surface area contributed by atoms with Crippen LogP contribution in [-0.2, 0) is 4.74 Å². The molecule has 0 aromatic carbocycles. The molecule has 0 aliphatic heterocycles. The zero-order valence-electron chi connectivity index (χ0n) is 10.0. The monoisotopic (exact) mass is 211 g/mol. The Balaban J connectivity index is 1.80. The molecule has 2 nitrogen and oxygen atoms in total. The second-order valence-electron chi connectivity index (χ2n) is 4.34. The van der Waals surface area contributed by atoms with Crippen molar-refractivity contribution in [2.24, 2.45) is 0 Å². The van der Waals surface area contributed by atoms with Crippen molar-refractivity contribution in [2.75, 3.05) is 13.2 Å². The minimum Gasteiger partial charge on any atom is -0.378 e. The standard InChI is InChI=1S/C13H25NO/c1-3-5-6-7-8-9-14-12-10-13(11-12)15-4-2/h3,12-14H,1,4-11H2,2H3. The molecule has 1 saturated carbocycles. The van der Waals surface area contributed by atoms with Crippen LogP contribution in [-0.4, -0.2) is 25.3 Å². The molecule has 88 valence electrons. The fraction of sp³-hybridized carbons (Fsp3) is 0.846. The highest BCUT2D eigenvalue weighted by atomic mass is 16.5. The van der Waals surface area contributed by atoms with Crippen LogP contribution in [0.15, 0.2) is 12.7 Å². The van der Waals surface area contributed by atoms with Gasteiger partial charge in [-0.3, -0.25) is 0 Å². The van der Waals surface area contributed by atoms with Crippen molar-refractivity contribution in [3.8, 4) is 0 Å². The van der Waals surface area contributed by atoms with Crippen LogP contribution in [0.25, 0.3) is 0 Å². The second kappa shape index (κ2) is 7.89. The molecular weight excluding hydrogens is 186 g/mol. The Morgan fingerprint density at radius 2 is 2.13 bits per heavy atom. The highest BCUT2D eigenvalue weighted by molar-refractivity contribution is 4.85. The fourth-order valence-electron chi connectivity index (χ4n) is 2.00. The zero-order valence-corrected chi connectivity index (χ0v) is 10.0. The number of allylic oxidation sites excluding steroid dienone is 1. The third-order valence-corrected chi connectivity index (χ3v) is 3.02. The van der Waals surface area contributed by atoms with Crippen molar-refractivity contribution >= 4 is 0 Å². The predicted octanol–water partition coefficient (Wildman–Crippen LogP) is 2.89. The minimum absolute atomic E-state index is 0.535. The van der Waals surface area contributed by atoms with Crippen molar-refractivity contribution in [1.29, 1.82) is 0 Å². The van der Waals surface area contributed by atoms with Gasteiger partial charge in [0.2, 0.25) is 0 Å². The van der Waals surface area contributed by atoms with Crippen LogP contribution in [0.4, 0.5) is 0 Å². The van der Waals surface area contributed by atoms with Crippen molar-refractivity contribution in [2.45, 2.75) is 57.6 Å². The average Bonchev–Trinajstić information content (AvgIpc) is 2.19. The molecule has 0 saturated heterocycles. The van der Waals surface area contributed by atoms with Crippen LogP contribution in [0.1, 0.15) is 45.4 Å². The van der Waals surface area contributed by atoms with E-state index in [4.69, 9.17) is 4.74 Å². The lowest BCUT2D eigenvalue weighted by molar-refractivity contribution is -0.00975. The Morgan fingerprint density at radius 3 is 2.80 bits per heavy atom. The van der Waals surface area contributed by atoms with E-state index in [9.17, 15) is 0 Å². The summed E-state index contributed by atoms with van der Waals surface area (Å²) in [6, 6.07) is 0.723. The summed E-state index contributed by atoms with van der Waals surface area (Å²) < 4.78 is 5.52. The van der Waals surface area contributed by atoms with Gasteiger partial charge in [0.25, 0.3) is 0 Å². The van der Waals surface area contributed by atoms with Crippen LogP contribution >= 0.6 is 0 Å². The average molecular weight is 211 g/mol. The number of hydrogen-bond acceptors (Lipinski definition) is 2. The van der Waals surface area contributed by atoms with Crippen LogP contribution in [0.2, 0.25) is 0 Å². The summed E-state index contributed by atoms with van der Waals surface area (Å²) in [6.45, 7) is 7.82. The SMILES string of the molecule is C=CCCCCCNC1CC(OCC)C1. The molecule has 0 aromatic heterocycles. The smallest absolute Gasteiger partial charge is 0.0604 e. The van der Waals surface area contributed by atoms with E-state index >= 15 is 0 Å². The van der Waals surface area contributed by atoms with Gasteiger partial charge in [0.05, 0.1) is 6.10 Å². The lowest BCUT2D eigenvalue weighted by atomic mass is 9.89. The van der Waals surface area contributed by atoms with E-state index in [1.807, 2.05) is 6.08 Å². The van der Waals surface area contributed by atoms with Gasteiger partial charge in [0, 0.05) is 12.6 Å². The molecule has 0 amide bonds. The van der Waals surface area contributed by atoms with E-state index in [1.165, 1.54) is 38.6 Å². The van der Waals surface area contributed by atoms with Crippen molar-refractivity contribution in [3.05, 3.63) is 12.7 Å². The van der Waals surface area contributed by atoms with Gasteiger partial charge in [-0.1, -0.05) is 12.5 Å². The summed E-state index contributed by atoms with van der Waals surface area (Å²) in [6.07, 6.45) is 10.0. The third-order valence-electron chi connectivity index (χ3n) is 3.02. The Labute approximate surface area is 94.1 Å². The Hall–Kier alpha value is -0.340. The topological polar surface area (TPSA) is 21.3 Å². The van der Waals surface area contributed by atoms with Crippen molar-refractivity contribution in [3.63, 3.8) is 0 Å². The summed E-state index contributed by atoms with van der Waals surface area (Å²) in [5.74, 6) is 0. The quantitative estimate of drug-likeness (QED) is 0.468. The molecule has 0 radical (unpaired) electrons. The molecule has 15 heavy (non-hydrogen) atoms. The second-order valence-corrected chi connectivity index (χ2v) is 4.34. The van der Waals surface area contributed by atoms with Crippen LogP contribution < -0.4 is 5.32 Å². The molecule has 0 atom stereocenters. The van der Waals surface area contributed by atoms with Gasteiger partial charge in [-0.05, 0) is 45.6 Å². The Kier molecular flexibility index (Phi) is 6.69. The first-order chi connectivity index (χ1) is 7.36. The number of unbranched alkanes of at least 4 members (excludes halogenated alkanes) is 3. The molecule has 1 rings (SSSR count). The van der Waals surface area contributed by atoms with E-state index in [-0.39, 0.29) is 0 Å². The molecule has 1 N–H and O–H groups in total.